The van der Waals surface area contributed by atoms with Crippen LogP contribution in [0.4, 0.5) is 16.3 Å². The first-order valence-electron chi connectivity index (χ1n) is 8.07. The number of pyridine rings is 1. The van der Waals surface area contributed by atoms with Crippen molar-refractivity contribution in [3.8, 4) is 23.1 Å². The minimum Gasteiger partial charge on any atom is -0.508 e. The third-order valence-electron chi connectivity index (χ3n) is 3.78. The van der Waals surface area contributed by atoms with Crippen molar-refractivity contribution in [1.29, 1.82) is 5.26 Å². The summed E-state index contributed by atoms with van der Waals surface area (Å²) in [4.78, 5) is 24.8. The van der Waals surface area contributed by atoms with Crippen LogP contribution in [0, 0.1) is 11.3 Å². The number of fused-ring (bicyclic) bond motifs is 1. The number of nitriles is 1. The standard InChI is InChI=1S/C18H12N8O2/c19-7-11-4-5-12(8-20-11)22-18(28)24-17-15-16(25-26-17)21-9-14(23-15)10-2-1-3-13(27)6-10/h1-6,8-9,27H,(H3,21,22,24,25,26,28). The summed E-state index contributed by atoms with van der Waals surface area (Å²) in [7, 11) is 0. The van der Waals surface area contributed by atoms with Gasteiger partial charge in [-0.3, -0.25) is 10.4 Å². The van der Waals surface area contributed by atoms with Crippen LogP contribution < -0.4 is 10.6 Å². The molecule has 0 atom stereocenters. The average Bonchev–Trinajstić information content (AvgIpc) is 3.10. The van der Waals surface area contributed by atoms with Gasteiger partial charge in [0.25, 0.3) is 0 Å². The molecular formula is C18H12N8O2. The zero-order chi connectivity index (χ0) is 19.5. The Hall–Kier alpha value is -4.52. The summed E-state index contributed by atoms with van der Waals surface area (Å²) in [6.07, 6.45) is 2.91. The second-order valence-corrected chi connectivity index (χ2v) is 5.70. The summed E-state index contributed by atoms with van der Waals surface area (Å²) in [5, 5.41) is 30.3. The van der Waals surface area contributed by atoms with E-state index in [0.29, 0.717) is 28.1 Å². The van der Waals surface area contributed by atoms with E-state index in [0.717, 1.165) is 0 Å². The number of H-pyrrole nitrogens is 1. The van der Waals surface area contributed by atoms with E-state index in [1.54, 1.807) is 30.3 Å². The van der Waals surface area contributed by atoms with Crippen LogP contribution in [0.5, 0.6) is 5.75 Å². The van der Waals surface area contributed by atoms with Crippen LogP contribution in [0.3, 0.4) is 0 Å². The molecule has 4 aromatic rings. The number of aromatic hydroxyl groups is 1. The fraction of sp³-hybridized carbons (Fsp3) is 0. The summed E-state index contributed by atoms with van der Waals surface area (Å²) in [6.45, 7) is 0. The van der Waals surface area contributed by atoms with Gasteiger partial charge in [-0.25, -0.2) is 19.7 Å². The summed E-state index contributed by atoms with van der Waals surface area (Å²) < 4.78 is 0. The molecule has 0 unspecified atom stereocenters. The van der Waals surface area contributed by atoms with Crippen LogP contribution in [-0.4, -0.2) is 36.3 Å². The monoisotopic (exact) mass is 372 g/mol. The number of aromatic amines is 1. The van der Waals surface area contributed by atoms with Crippen molar-refractivity contribution in [2.24, 2.45) is 0 Å². The number of carbonyl (C=O) groups excluding carboxylic acids is 1. The zero-order valence-electron chi connectivity index (χ0n) is 14.2. The molecule has 0 aliphatic heterocycles. The number of phenols is 1. The second-order valence-electron chi connectivity index (χ2n) is 5.70. The molecule has 10 heteroatoms. The van der Waals surface area contributed by atoms with E-state index >= 15 is 0 Å². The molecule has 3 aromatic heterocycles. The van der Waals surface area contributed by atoms with E-state index < -0.39 is 6.03 Å². The molecule has 28 heavy (non-hydrogen) atoms. The summed E-state index contributed by atoms with van der Waals surface area (Å²) in [6, 6.07) is 11.0. The molecule has 0 spiro atoms. The van der Waals surface area contributed by atoms with Crippen molar-refractivity contribution >= 4 is 28.7 Å². The van der Waals surface area contributed by atoms with Crippen molar-refractivity contribution in [2.75, 3.05) is 10.6 Å². The molecule has 0 saturated carbocycles. The third-order valence-corrected chi connectivity index (χ3v) is 3.78. The van der Waals surface area contributed by atoms with Gasteiger partial charge in [-0.1, -0.05) is 12.1 Å². The normalized spacial score (nSPS) is 10.4. The highest BCUT2D eigenvalue weighted by Crippen LogP contribution is 2.24. The molecule has 0 bridgehead atoms. The van der Waals surface area contributed by atoms with E-state index in [2.05, 4.69) is 35.8 Å². The maximum atomic E-state index is 12.2. The molecule has 0 aliphatic rings. The number of nitrogens with one attached hydrogen (secondary N) is 3. The fourth-order valence-electron chi connectivity index (χ4n) is 2.50. The molecule has 4 N–H and O–H groups in total. The number of benzene rings is 1. The maximum Gasteiger partial charge on any atom is 0.324 e. The number of phenolic OH excluding ortho intramolecular Hbond substituents is 1. The Kier molecular flexibility index (Phi) is 4.23. The zero-order valence-corrected chi connectivity index (χ0v) is 14.2. The molecule has 10 nitrogen and oxygen atoms in total. The Bertz CT molecular complexity index is 1210. The quantitative estimate of drug-likeness (QED) is 0.431. The highest BCUT2D eigenvalue weighted by Gasteiger charge is 2.13. The lowest BCUT2D eigenvalue weighted by Gasteiger charge is -2.06. The van der Waals surface area contributed by atoms with Crippen LogP contribution in [-0.2, 0) is 0 Å². The molecule has 0 fully saturated rings. The molecule has 0 saturated heterocycles. The second kappa shape index (κ2) is 7.00. The predicted octanol–water partition coefficient (Wildman–Crippen LogP) is 2.64. The van der Waals surface area contributed by atoms with Gasteiger partial charge in [0.15, 0.2) is 11.3 Å². The topological polar surface area (TPSA) is 152 Å². The first kappa shape index (κ1) is 16.9. The molecule has 4 rings (SSSR count). The van der Waals surface area contributed by atoms with E-state index in [1.807, 2.05) is 6.07 Å². The molecule has 136 valence electrons. The molecule has 1 aromatic carbocycles. The predicted molar refractivity (Wildman–Crippen MR) is 100 cm³/mol. The van der Waals surface area contributed by atoms with Crippen LogP contribution >= 0.6 is 0 Å². The summed E-state index contributed by atoms with van der Waals surface area (Å²) in [5.41, 5.74) is 2.57. The number of aromatic nitrogens is 5. The van der Waals surface area contributed by atoms with E-state index in [-0.39, 0.29) is 17.3 Å². The lowest BCUT2D eigenvalue weighted by molar-refractivity contribution is 0.262. The van der Waals surface area contributed by atoms with Gasteiger partial charge in [-0.05, 0) is 24.3 Å². The van der Waals surface area contributed by atoms with E-state index in [9.17, 15) is 9.90 Å². The smallest absolute Gasteiger partial charge is 0.324 e. The number of nitrogens with zero attached hydrogens (tertiary/aromatic N) is 5. The Balaban J connectivity index is 1.57. The summed E-state index contributed by atoms with van der Waals surface area (Å²) in [5.74, 6) is 0.379. The molecular weight excluding hydrogens is 360 g/mol. The van der Waals surface area contributed by atoms with Gasteiger partial charge in [0.05, 0.1) is 23.8 Å². The van der Waals surface area contributed by atoms with Gasteiger partial charge >= 0.3 is 6.03 Å². The lowest BCUT2D eigenvalue weighted by Crippen LogP contribution is -2.20. The molecule has 3 heterocycles. The van der Waals surface area contributed by atoms with Gasteiger partial charge in [0.2, 0.25) is 5.65 Å². The van der Waals surface area contributed by atoms with Gasteiger partial charge in [-0.15, -0.1) is 0 Å². The van der Waals surface area contributed by atoms with Gasteiger partial charge < -0.3 is 10.4 Å². The van der Waals surface area contributed by atoms with Gasteiger partial charge in [0, 0.05) is 5.56 Å². The Morgan fingerprint density at radius 3 is 2.79 bits per heavy atom. The van der Waals surface area contributed by atoms with Crippen LogP contribution in [0.2, 0.25) is 0 Å². The van der Waals surface area contributed by atoms with Crippen LogP contribution in [0.25, 0.3) is 22.4 Å². The van der Waals surface area contributed by atoms with E-state index in [4.69, 9.17) is 5.26 Å². The third kappa shape index (κ3) is 3.40. The average molecular weight is 372 g/mol. The number of urea groups is 1. The van der Waals surface area contributed by atoms with E-state index in [1.165, 1.54) is 18.5 Å². The highest BCUT2D eigenvalue weighted by atomic mass is 16.3. The van der Waals surface area contributed by atoms with Gasteiger partial charge in [-0.2, -0.15) is 10.4 Å². The van der Waals surface area contributed by atoms with Crippen molar-refractivity contribution in [1.82, 2.24) is 25.1 Å². The Morgan fingerprint density at radius 2 is 2.04 bits per heavy atom. The number of hydrogen-bond acceptors (Lipinski definition) is 7. The largest absolute Gasteiger partial charge is 0.508 e. The number of anilines is 2. The van der Waals surface area contributed by atoms with Crippen LogP contribution in [0.1, 0.15) is 5.69 Å². The van der Waals surface area contributed by atoms with Crippen LogP contribution in [0.15, 0.2) is 48.8 Å². The Morgan fingerprint density at radius 1 is 1.14 bits per heavy atom. The SMILES string of the molecule is N#Cc1ccc(NC(=O)Nc2[nH]nc3ncc(-c4cccc(O)c4)nc23)cn1. The van der Waals surface area contributed by atoms with Crippen molar-refractivity contribution in [2.45, 2.75) is 0 Å². The number of rotatable bonds is 3. The maximum absolute atomic E-state index is 12.2. The lowest BCUT2D eigenvalue weighted by atomic mass is 10.1. The van der Waals surface area contributed by atoms with Crippen molar-refractivity contribution in [3.05, 3.63) is 54.5 Å². The highest BCUT2D eigenvalue weighted by molar-refractivity contribution is 6.03. The van der Waals surface area contributed by atoms with Gasteiger partial charge in [0.1, 0.15) is 17.5 Å². The first-order valence-corrected chi connectivity index (χ1v) is 8.07. The summed E-state index contributed by atoms with van der Waals surface area (Å²) >= 11 is 0. The number of carbonyl (C=O) groups is 1. The number of hydrogen-bond donors (Lipinski definition) is 4. The minimum absolute atomic E-state index is 0.111. The van der Waals surface area contributed by atoms with Crippen molar-refractivity contribution < 1.29 is 9.90 Å². The Labute approximate surface area is 157 Å². The fourth-order valence-corrected chi connectivity index (χ4v) is 2.50. The molecule has 0 aliphatic carbocycles. The minimum atomic E-state index is -0.540. The molecule has 2 amide bonds. The number of amides is 2. The molecule has 0 radical (unpaired) electrons. The first-order chi connectivity index (χ1) is 13.6. The van der Waals surface area contributed by atoms with Crippen molar-refractivity contribution in [3.63, 3.8) is 0 Å².